The van der Waals surface area contributed by atoms with E-state index in [1.165, 1.54) is 5.56 Å². The minimum absolute atomic E-state index is 0.00168. The van der Waals surface area contributed by atoms with Crippen LogP contribution < -0.4 is 22.1 Å². The number of rotatable bonds is 8. The van der Waals surface area contributed by atoms with Gasteiger partial charge in [-0.25, -0.2) is 4.79 Å². The molecule has 172 valence electrons. The SMILES string of the molecule is CC(C)C(NCCCNC(=N)N)c1ccc(-n2cc3cc(C(C)(C)C)[nH]c3nc2=O)cc1. The van der Waals surface area contributed by atoms with Gasteiger partial charge in [0.1, 0.15) is 5.65 Å². The second kappa shape index (κ2) is 9.56. The molecule has 0 spiro atoms. The number of guanidine groups is 1. The lowest BCUT2D eigenvalue weighted by Gasteiger charge is -2.23. The van der Waals surface area contributed by atoms with E-state index in [0.717, 1.165) is 29.7 Å². The molecule has 0 fully saturated rings. The summed E-state index contributed by atoms with van der Waals surface area (Å²) in [6, 6.07) is 10.3. The molecule has 8 heteroatoms. The zero-order valence-electron chi connectivity index (χ0n) is 19.6. The molecular weight excluding hydrogens is 402 g/mol. The number of H-pyrrole nitrogens is 1. The van der Waals surface area contributed by atoms with E-state index in [2.05, 4.69) is 73.4 Å². The summed E-state index contributed by atoms with van der Waals surface area (Å²) in [6.07, 6.45) is 2.72. The number of aromatic amines is 1. The van der Waals surface area contributed by atoms with E-state index in [1.807, 2.05) is 18.3 Å². The molecule has 1 unspecified atom stereocenters. The summed E-state index contributed by atoms with van der Waals surface area (Å²) in [7, 11) is 0. The summed E-state index contributed by atoms with van der Waals surface area (Å²) >= 11 is 0. The molecule has 0 saturated carbocycles. The first kappa shape index (κ1) is 23.5. The smallest absolute Gasteiger partial charge is 0.354 e. The zero-order chi connectivity index (χ0) is 23.5. The maximum absolute atomic E-state index is 12.7. The van der Waals surface area contributed by atoms with Crippen LogP contribution >= 0.6 is 0 Å². The van der Waals surface area contributed by atoms with Crippen LogP contribution in [0.2, 0.25) is 0 Å². The molecule has 2 heterocycles. The van der Waals surface area contributed by atoms with Crippen molar-refractivity contribution in [2.45, 2.75) is 52.5 Å². The Kier molecular flexibility index (Phi) is 7.03. The Morgan fingerprint density at radius 3 is 2.50 bits per heavy atom. The van der Waals surface area contributed by atoms with Crippen molar-refractivity contribution in [3.8, 4) is 5.69 Å². The van der Waals surface area contributed by atoms with Crippen molar-refractivity contribution in [2.75, 3.05) is 13.1 Å². The highest BCUT2D eigenvalue weighted by Gasteiger charge is 2.18. The highest BCUT2D eigenvalue weighted by molar-refractivity contribution is 5.76. The van der Waals surface area contributed by atoms with Gasteiger partial charge in [-0.3, -0.25) is 9.98 Å². The number of nitrogens with zero attached hydrogens (tertiary/aromatic N) is 2. The summed E-state index contributed by atoms with van der Waals surface area (Å²) in [5.41, 5.74) is 8.61. The summed E-state index contributed by atoms with van der Waals surface area (Å²) in [5.74, 6) is 0.399. The predicted octanol–water partition coefficient (Wildman–Crippen LogP) is 3.17. The summed E-state index contributed by atoms with van der Waals surface area (Å²) in [5, 5.41) is 14.5. The number of hydrogen-bond donors (Lipinski definition) is 5. The number of nitrogens with one attached hydrogen (secondary N) is 4. The molecule has 6 N–H and O–H groups in total. The lowest BCUT2D eigenvalue weighted by molar-refractivity contribution is 0.409. The summed E-state index contributed by atoms with van der Waals surface area (Å²) in [4.78, 5) is 20.2. The predicted molar refractivity (Wildman–Crippen MR) is 131 cm³/mol. The quantitative estimate of drug-likeness (QED) is 0.210. The molecule has 3 aromatic rings. The van der Waals surface area contributed by atoms with Gasteiger partial charge in [0.25, 0.3) is 0 Å². The molecule has 0 aliphatic carbocycles. The number of aromatic nitrogens is 3. The highest BCUT2D eigenvalue weighted by Crippen LogP contribution is 2.25. The Bertz CT molecular complexity index is 1120. The fraction of sp³-hybridized carbons (Fsp3) is 0.458. The van der Waals surface area contributed by atoms with Gasteiger partial charge in [-0.2, -0.15) is 4.98 Å². The number of nitrogens with two attached hydrogens (primary N) is 1. The van der Waals surface area contributed by atoms with Crippen molar-refractivity contribution in [1.29, 1.82) is 5.41 Å². The summed E-state index contributed by atoms with van der Waals surface area (Å²) < 4.78 is 1.59. The lowest BCUT2D eigenvalue weighted by Crippen LogP contribution is -2.33. The van der Waals surface area contributed by atoms with Gasteiger partial charge in [-0.15, -0.1) is 0 Å². The van der Waals surface area contributed by atoms with E-state index in [9.17, 15) is 4.79 Å². The van der Waals surface area contributed by atoms with Crippen molar-refractivity contribution in [3.05, 3.63) is 58.3 Å². The van der Waals surface area contributed by atoms with Gasteiger partial charge in [0, 0.05) is 35.3 Å². The number of fused-ring (bicyclic) bond motifs is 1. The molecule has 2 aromatic heterocycles. The van der Waals surface area contributed by atoms with Crippen molar-refractivity contribution in [3.63, 3.8) is 0 Å². The molecule has 1 atom stereocenters. The first-order valence-electron chi connectivity index (χ1n) is 11.1. The van der Waals surface area contributed by atoms with Gasteiger partial charge in [0.2, 0.25) is 0 Å². The average molecular weight is 438 g/mol. The van der Waals surface area contributed by atoms with Crippen molar-refractivity contribution in [1.82, 2.24) is 25.2 Å². The van der Waals surface area contributed by atoms with Crippen LogP contribution in [0.5, 0.6) is 0 Å². The highest BCUT2D eigenvalue weighted by atomic mass is 16.1. The van der Waals surface area contributed by atoms with Gasteiger partial charge in [-0.05, 0) is 42.6 Å². The molecule has 3 rings (SSSR count). The Morgan fingerprint density at radius 1 is 1.22 bits per heavy atom. The van der Waals surface area contributed by atoms with Gasteiger partial charge in [0.05, 0.1) is 5.69 Å². The Labute approximate surface area is 189 Å². The van der Waals surface area contributed by atoms with E-state index in [1.54, 1.807) is 4.57 Å². The van der Waals surface area contributed by atoms with Gasteiger partial charge in [-0.1, -0.05) is 46.8 Å². The number of benzene rings is 1. The maximum Gasteiger partial charge on any atom is 0.354 e. The van der Waals surface area contributed by atoms with Crippen LogP contribution in [0.25, 0.3) is 16.7 Å². The van der Waals surface area contributed by atoms with E-state index in [0.29, 0.717) is 18.1 Å². The molecule has 0 amide bonds. The van der Waals surface area contributed by atoms with Gasteiger partial charge in [0.15, 0.2) is 5.96 Å². The molecule has 0 radical (unpaired) electrons. The lowest BCUT2D eigenvalue weighted by atomic mass is 9.92. The third-order valence-electron chi connectivity index (χ3n) is 5.55. The van der Waals surface area contributed by atoms with Crippen LogP contribution in [0.15, 0.2) is 41.3 Å². The van der Waals surface area contributed by atoms with Crippen LogP contribution in [-0.4, -0.2) is 33.6 Å². The Balaban J connectivity index is 1.79. The van der Waals surface area contributed by atoms with Crippen LogP contribution in [-0.2, 0) is 5.41 Å². The van der Waals surface area contributed by atoms with Crippen LogP contribution in [0.1, 0.15) is 58.3 Å². The molecule has 0 saturated heterocycles. The third kappa shape index (κ3) is 5.56. The largest absolute Gasteiger partial charge is 0.370 e. The van der Waals surface area contributed by atoms with E-state index in [4.69, 9.17) is 11.1 Å². The number of hydrogen-bond acceptors (Lipinski definition) is 4. The van der Waals surface area contributed by atoms with Crippen LogP contribution in [0.3, 0.4) is 0 Å². The molecular formula is C24H35N7O. The second-order valence-corrected chi connectivity index (χ2v) is 9.59. The molecule has 32 heavy (non-hydrogen) atoms. The second-order valence-electron chi connectivity index (χ2n) is 9.59. The van der Waals surface area contributed by atoms with E-state index < -0.39 is 0 Å². The molecule has 1 aromatic carbocycles. The van der Waals surface area contributed by atoms with E-state index in [-0.39, 0.29) is 23.1 Å². The zero-order valence-corrected chi connectivity index (χ0v) is 19.6. The Morgan fingerprint density at radius 2 is 1.91 bits per heavy atom. The molecule has 0 aliphatic heterocycles. The van der Waals surface area contributed by atoms with Crippen molar-refractivity contribution < 1.29 is 0 Å². The molecule has 0 aliphatic rings. The topological polar surface area (TPSA) is 125 Å². The van der Waals surface area contributed by atoms with Crippen LogP contribution in [0, 0.1) is 11.3 Å². The Hall–Kier alpha value is -3.13. The fourth-order valence-corrected chi connectivity index (χ4v) is 3.73. The normalized spacial score (nSPS) is 12.9. The monoisotopic (exact) mass is 437 g/mol. The minimum Gasteiger partial charge on any atom is -0.370 e. The van der Waals surface area contributed by atoms with E-state index >= 15 is 0 Å². The van der Waals surface area contributed by atoms with Crippen molar-refractivity contribution in [2.24, 2.45) is 11.7 Å². The minimum atomic E-state index is -0.302. The first-order chi connectivity index (χ1) is 15.1. The van der Waals surface area contributed by atoms with Gasteiger partial charge < -0.3 is 21.4 Å². The summed E-state index contributed by atoms with van der Waals surface area (Å²) in [6.45, 7) is 12.2. The maximum atomic E-state index is 12.7. The third-order valence-corrected chi connectivity index (χ3v) is 5.55. The first-order valence-corrected chi connectivity index (χ1v) is 11.1. The van der Waals surface area contributed by atoms with Crippen LogP contribution in [0.4, 0.5) is 0 Å². The van der Waals surface area contributed by atoms with Crippen molar-refractivity contribution >= 4 is 17.0 Å². The van der Waals surface area contributed by atoms with Gasteiger partial charge >= 0.3 is 5.69 Å². The molecule has 0 bridgehead atoms. The standard InChI is InChI=1S/C24H35N7O/c1-15(2)20(27-11-6-12-28-22(25)26)16-7-9-18(10-8-16)31-14-17-13-19(24(3,4)5)29-21(17)30-23(31)32/h7-10,13-15,20,27H,6,11-12H2,1-5H3,(H4,25,26,28)(H,29,30,32). The molecule has 8 nitrogen and oxygen atoms in total. The fourth-order valence-electron chi connectivity index (χ4n) is 3.73. The average Bonchev–Trinajstić information content (AvgIpc) is 3.13.